The Labute approximate surface area is 100 Å². The molecule has 98 valence electrons. The van der Waals surface area contributed by atoms with E-state index in [9.17, 15) is 17.6 Å². The maximum atomic E-state index is 13.6. The third-order valence-corrected chi connectivity index (χ3v) is 2.90. The molecule has 1 aromatic heterocycles. The summed E-state index contributed by atoms with van der Waals surface area (Å²) in [6, 6.07) is 3.91. The number of aliphatic hydroxyl groups excluding tert-OH is 1. The zero-order valence-corrected chi connectivity index (χ0v) is 9.55. The van der Waals surface area contributed by atoms with Crippen molar-refractivity contribution in [1.29, 1.82) is 0 Å². The maximum absolute atomic E-state index is 13.6. The Kier molecular flexibility index (Phi) is 3.06. The van der Waals surface area contributed by atoms with E-state index in [1.807, 2.05) is 0 Å². The molecule has 0 radical (unpaired) electrons. The minimum absolute atomic E-state index is 0.0676. The first-order valence-electron chi connectivity index (χ1n) is 5.31. The van der Waals surface area contributed by atoms with Gasteiger partial charge in [0.05, 0.1) is 5.52 Å². The van der Waals surface area contributed by atoms with E-state index in [1.54, 1.807) is 0 Å². The van der Waals surface area contributed by atoms with Crippen LogP contribution < -0.4 is 0 Å². The minimum Gasteiger partial charge on any atom is -0.396 e. The number of aryl methyl sites for hydroxylation is 1. The number of aliphatic hydroxyl groups is 1. The lowest BCUT2D eigenvalue weighted by Gasteiger charge is -2.10. The van der Waals surface area contributed by atoms with Crippen LogP contribution in [-0.2, 0) is 19.6 Å². The summed E-state index contributed by atoms with van der Waals surface area (Å²) in [5, 5.41) is 9.07. The Morgan fingerprint density at radius 1 is 1.28 bits per heavy atom. The summed E-state index contributed by atoms with van der Waals surface area (Å²) in [4.78, 5) is 0. The van der Waals surface area contributed by atoms with Crippen LogP contribution in [-0.4, -0.2) is 16.3 Å². The third-order valence-electron chi connectivity index (χ3n) is 2.90. The Hall–Kier alpha value is -1.56. The van der Waals surface area contributed by atoms with Gasteiger partial charge in [-0.3, -0.25) is 0 Å². The van der Waals surface area contributed by atoms with Gasteiger partial charge in [-0.15, -0.1) is 0 Å². The van der Waals surface area contributed by atoms with Crippen molar-refractivity contribution in [2.24, 2.45) is 7.05 Å². The van der Waals surface area contributed by atoms with E-state index in [1.165, 1.54) is 19.2 Å². The largest absolute Gasteiger partial charge is 0.431 e. The van der Waals surface area contributed by atoms with Crippen molar-refractivity contribution in [3.63, 3.8) is 0 Å². The van der Waals surface area contributed by atoms with Crippen LogP contribution in [0.3, 0.4) is 0 Å². The predicted octanol–water partition coefficient (Wildman–Crippen LogP) is 2.87. The second kappa shape index (κ2) is 4.28. The van der Waals surface area contributed by atoms with Gasteiger partial charge in [0.2, 0.25) is 0 Å². The van der Waals surface area contributed by atoms with E-state index in [2.05, 4.69) is 0 Å². The van der Waals surface area contributed by atoms with Gasteiger partial charge >= 0.3 is 6.18 Å². The molecule has 1 heterocycles. The third kappa shape index (κ3) is 1.86. The van der Waals surface area contributed by atoms with Crippen LogP contribution >= 0.6 is 0 Å². The van der Waals surface area contributed by atoms with Crippen molar-refractivity contribution in [1.82, 2.24) is 4.57 Å². The van der Waals surface area contributed by atoms with Crippen LogP contribution in [0.15, 0.2) is 18.2 Å². The quantitative estimate of drug-likeness (QED) is 0.826. The van der Waals surface area contributed by atoms with Crippen molar-refractivity contribution in [3.05, 3.63) is 35.3 Å². The molecule has 2 rings (SSSR count). The number of alkyl halides is 3. The zero-order chi connectivity index (χ0) is 13.5. The number of rotatable bonds is 2. The van der Waals surface area contributed by atoms with Gasteiger partial charge in [0.25, 0.3) is 0 Å². The molecule has 0 spiro atoms. The van der Waals surface area contributed by atoms with E-state index in [-0.39, 0.29) is 22.9 Å². The predicted molar refractivity (Wildman–Crippen MR) is 58.7 cm³/mol. The number of nitrogens with zero attached hydrogens (tertiary/aromatic N) is 1. The molecule has 1 aromatic carbocycles. The molecule has 0 aliphatic heterocycles. The zero-order valence-electron chi connectivity index (χ0n) is 9.55. The summed E-state index contributed by atoms with van der Waals surface area (Å²) in [5.41, 5.74) is -1.06. The van der Waals surface area contributed by atoms with E-state index in [4.69, 9.17) is 5.11 Å². The molecule has 2 aromatic rings. The number of hydrogen-bond acceptors (Lipinski definition) is 1. The normalized spacial score (nSPS) is 12.3. The summed E-state index contributed by atoms with van der Waals surface area (Å²) >= 11 is 0. The van der Waals surface area contributed by atoms with Crippen molar-refractivity contribution >= 4 is 10.9 Å². The molecule has 0 aliphatic carbocycles. The van der Waals surface area contributed by atoms with Gasteiger partial charge in [-0.05, 0) is 18.1 Å². The second-order valence-electron chi connectivity index (χ2n) is 3.99. The molecule has 0 bridgehead atoms. The SMILES string of the molecule is Cn1c(C(F)(F)F)c(CCO)c2cccc(F)c21. The maximum Gasteiger partial charge on any atom is 0.431 e. The lowest BCUT2D eigenvalue weighted by atomic mass is 10.1. The Morgan fingerprint density at radius 2 is 1.94 bits per heavy atom. The summed E-state index contributed by atoms with van der Waals surface area (Å²) < 4.78 is 53.4. The van der Waals surface area contributed by atoms with Crippen molar-refractivity contribution in [2.45, 2.75) is 12.6 Å². The monoisotopic (exact) mass is 261 g/mol. The fourth-order valence-corrected chi connectivity index (χ4v) is 2.27. The molecule has 0 saturated carbocycles. The van der Waals surface area contributed by atoms with Gasteiger partial charge in [0.15, 0.2) is 0 Å². The van der Waals surface area contributed by atoms with Crippen LogP contribution in [0.25, 0.3) is 10.9 Å². The summed E-state index contributed by atoms with van der Waals surface area (Å²) in [5.74, 6) is -0.704. The fourth-order valence-electron chi connectivity index (χ4n) is 2.27. The molecular weight excluding hydrogens is 250 g/mol. The van der Waals surface area contributed by atoms with Gasteiger partial charge in [0, 0.05) is 19.0 Å². The molecule has 0 aliphatic rings. The van der Waals surface area contributed by atoms with E-state index in [0.29, 0.717) is 0 Å². The lowest BCUT2D eigenvalue weighted by Crippen LogP contribution is -2.14. The van der Waals surface area contributed by atoms with Crippen molar-refractivity contribution in [3.8, 4) is 0 Å². The minimum atomic E-state index is -4.58. The van der Waals surface area contributed by atoms with Crippen LogP contribution in [0.2, 0.25) is 0 Å². The second-order valence-corrected chi connectivity index (χ2v) is 3.99. The van der Waals surface area contributed by atoms with Gasteiger partial charge in [-0.2, -0.15) is 13.2 Å². The molecule has 0 atom stereocenters. The number of halogens is 4. The highest BCUT2D eigenvalue weighted by molar-refractivity contribution is 5.86. The van der Waals surface area contributed by atoms with Crippen LogP contribution in [0.4, 0.5) is 17.6 Å². The molecule has 2 nitrogen and oxygen atoms in total. The van der Waals surface area contributed by atoms with Gasteiger partial charge in [-0.1, -0.05) is 12.1 Å². The average molecular weight is 261 g/mol. The first-order valence-corrected chi connectivity index (χ1v) is 5.31. The average Bonchev–Trinajstić information content (AvgIpc) is 2.53. The van der Waals surface area contributed by atoms with Crippen molar-refractivity contribution in [2.75, 3.05) is 6.61 Å². The molecule has 6 heteroatoms. The smallest absolute Gasteiger partial charge is 0.396 e. The highest BCUT2D eigenvalue weighted by atomic mass is 19.4. The first-order chi connectivity index (χ1) is 8.38. The number of aromatic nitrogens is 1. The molecule has 0 saturated heterocycles. The van der Waals surface area contributed by atoms with E-state index >= 15 is 0 Å². The number of benzene rings is 1. The number of para-hydroxylation sites is 1. The van der Waals surface area contributed by atoms with Gasteiger partial charge in [0.1, 0.15) is 11.5 Å². The van der Waals surface area contributed by atoms with Gasteiger partial charge < -0.3 is 9.67 Å². The number of fused-ring (bicyclic) bond motifs is 1. The molecule has 1 N–H and O–H groups in total. The van der Waals surface area contributed by atoms with Gasteiger partial charge in [-0.25, -0.2) is 4.39 Å². The Bertz CT molecular complexity index is 586. The standard InChI is InChI=1S/C12H11F4NO/c1-17-10-7(3-2-4-9(10)13)8(5-6-18)11(17)12(14,15)16/h2-4,18H,5-6H2,1H3. The van der Waals surface area contributed by atoms with E-state index < -0.39 is 24.3 Å². The molecule has 0 amide bonds. The summed E-state index contributed by atoms with van der Waals surface area (Å²) in [6.07, 6.45) is -4.74. The summed E-state index contributed by atoms with van der Waals surface area (Å²) in [7, 11) is 1.18. The van der Waals surface area contributed by atoms with Crippen LogP contribution in [0, 0.1) is 5.82 Å². The highest BCUT2D eigenvalue weighted by Crippen LogP contribution is 2.38. The summed E-state index contributed by atoms with van der Waals surface area (Å²) in [6.45, 7) is -0.418. The molecular formula is C12H11F4NO. The highest BCUT2D eigenvalue weighted by Gasteiger charge is 2.38. The Balaban J connectivity index is 2.88. The first kappa shape index (κ1) is 12.9. The van der Waals surface area contributed by atoms with Crippen LogP contribution in [0.1, 0.15) is 11.3 Å². The Morgan fingerprint density at radius 3 is 2.50 bits per heavy atom. The lowest BCUT2D eigenvalue weighted by molar-refractivity contribution is -0.143. The fraction of sp³-hybridized carbons (Fsp3) is 0.333. The molecule has 18 heavy (non-hydrogen) atoms. The van der Waals surface area contributed by atoms with E-state index in [0.717, 1.165) is 10.6 Å². The van der Waals surface area contributed by atoms with Crippen molar-refractivity contribution < 1.29 is 22.7 Å². The topological polar surface area (TPSA) is 25.2 Å². The number of hydrogen-bond donors (Lipinski definition) is 1. The van der Waals surface area contributed by atoms with Crippen LogP contribution in [0.5, 0.6) is 0 Å². The molecule has 0 unspecified atom stereocenters. The molecule has 0 fully saturated rings.